The van der Waals surface area contributed by atoms with Gasteiger partial charge in [-0.05, 0) is 79.5 Å². The van der Waals surface area contributed by atoms with Gasteiger partial charge in [-0.15, -0.1) is 0 Å². The van der Waals surface area contributed by atoms with Gasteiger partial charge in [0.05, 0.1) is 17.7 Å². The standard InChI is InChI=1S/C31H35N3O4S/c1-33(25-13-15-26(35)16-14-25)39(36,37)27-17-19-31(38-2)28(21-27)29-18-12-24(32-29)22-34-20-8-4-7-11-30(34)23-9-5-3-6-10-23/h3,5-6,9-10,12-19,21,30,32,35H,4,7-8,11,20,22H2,1-2H3/t30-/m1/s1. The van der Waals surface area contributed by atoms with Gasteiger partial charge in [0.15, 0.2) is 0 Å². The Hall–Kier alpha value is -3.75. The lowest BCUT2D eigenvalue weighted by molar-refractivity contribution is 0.190. The molecule has 0 aliphatic carbocycles. The molecule has 0 amide bonds. The van der Waals surface area contributed by atoms with Gasteiger partial charge in [-0.1, -0.05) is 43.2 Å². The van der Waals surface area contributed by atoms with Crippen LogP contribution in [0.25, 0.3) is 11.3 Å². The molecule has 4 aromatic rings. The number of benzene rings is 3. The van der Waals surface area contributed by atoms with E-state index in [1.165, 1.54) is 48.3 Å². The minimum absolute atomic E-state index is 0.0779. The van der Waals surface area contributed by atoms with E-state index in [4.69, 9.17) is 4.74 Å². The summed E-state index contributed by atoms with van der Waals surface area (Å²) in [5.41, 5.74) is 4.36. The van der Waals surface area contributed by atoms with Gasteiger partial charge in [0.2, 0.25) is 0 Å². The molecule has 39 heavy (non-hydrogen) atoms. The van der Waals surface area contributed by atoms with Crippen LogP contribution in [-0.2, 0) is 16.6 Å². The van der Waals surface area contributed by atoms with Crippen molar-refractivity contribution in [3.05, 3.63) is 96.2 Å². The van der Waals surface area contributed by atoms with Crippen molar-refractivity contribution >= 4 is 15.7 Å². The molecular formula is C31H35N3O4S. The van der Waals surface area contributed by atoms with Gasteiger partial charge >= 0.3 is 0 Å². The predicted molar refractivity (Wildman–Crippen MR) is 155 cm³/mol. The van der Waals surface area contributed by atoms with E-state index in [-0.39, 0.29) is 10.6 Å². The van der Waals surface area contributed by atoms with Crippen LogP contribution in [0.2, 0.25) is 0 Å². The molecule has 5 rings (SSSR count). The zero-order valence-corrected chi connectivity index (χ0v) is 23.2. The number of hydrogen-bond acceptors (Lipinski definition) is 5. The van der Waals surface area contributed by atoms with E-state index in [1.54, 1.807) is 37.4 Å². The highest BCUT2D eigenvalue weighted by Crippen LogP contribution is 2.35. The number of aromatic nitrogens is 1. The second-order valence-corrected chi connectivity index (χ2v) is 12.0. The third-order valence-electron chi connectivity index (χ3n) is 7.50. The van der Waals surface area contributed by atoms with Gasteiger partial charge in [-0.25, -0.2) is 8.42 Å². The lowest BCUT2D eigenvalue weighted by atomic mass is 10.0. The number of methoxy groups -OCH3 is 1. The average molecular weight is 546 g/mol. The third-order valence-corrected chi connectivity index (χ3v) is 9.28. The fraction of sp³-hybridized carbons (Fsp3) is 0.290. The molecule has 1 atom stereocenters. The summed E-state index contributed by atoms with van der Waals surface area (Å²) < 4.78 is 33.8. The minimum atomic E-state index is -3.84. The first-order valence-corrected chi connectivity index (χ1v) is 14.7. The lowest BCUT2D eigenvalue weighted by Gasteiger charge is -2.30. The molecule has 2 N–H and O–H groups in total. The number of sulfonamides is 1. The highest BCUT2D eigenvalue weighted by Gasteiger charge is 2.25. The molecule has 204 valence electrons. The summed E-state index contributed by atoms with van der Waals surface area (Å²) in [6.45, 7) is 1.82. The molecular weight excluding hydrogens is 510 g/mol. The van der Waals surface area contributed by atoms with E-state index in [9.17, 15) is 13.5 Å². The summed E-state index contributed by atoms with van der Waals surface area (Å²) in [6, 6.07) is 26.1. The van der Waals surface area contributed by atoms with Crippen LogP contribution < -0.4 is 9.04 Å². The van der Waals surface area contributed by atoms with E-state index in [0.717, 1.165) is 30.9 Å². The molecule has 8 heteroatoms. The number of H-pyrrole nitrogens is 1. The smallest absolute Gasteiger partial charge is 0.264 e. The molecule has 1 saturated heterocycles. The van der Waals surface area contributed by atoms with Crippen molar-refractivity contribution in [1.29, 1.82) is 0 Å². The first-order valence-electron chi connectivity index (χ1n) is 13.3. The molecule has 2 heterocycles. The van der Waals surface area contributed by atoms with Crippen molar-refractivity contribution in [2.45, 2.75) is 43.2 Å². The summed E-state index contributed by atoms with van der Waals surface area (Å²) in [7, 11) is -0.757. The Labute approximate surface area is 230 Å². The van der Waals surface area contributed by atoms with Crippen LogP contribution in [0.3, 0.4) is 0 Å². The van der Waals surface area contributed by atoms with Gasteiger partial charge < -0.3 is 14.8 Å². The molecule has 0 bridgehead atoms. The van der Waals surface area contributed by atoms with E-state index >= 15 is 0 Å². The Morgan fingerprint density at radius 1 is 0.974 bits per heavy atom. The van der Waals surface area contributed by atoms with Crippen LogP contribution in [0.5, 0.6) is 11.5 Å². The zero-order valence-electron chi connectivity index (χ0n) is 22.4. The van der Waals surface area contributed by atoms with E-state index in [2.05, 4.69) is 46.3 Å². The number of nitrogens with one attached hydrogen (secondary N) is 1. The van der Waals surface area contributed by atoms with Crippen LogP contribution in [0.15, 0.2) is 89.8 Å². The van der Waals surface area contributed by atoms with Crippen molar-refractivity contribution in [3.8, 4) is 22.8 Å². The molecule has 1 aliphatic rings. The summed E-state index contributed by atoms with van der Waals surface area (Å²) in [5.74, 6) is 0.667. The number of aromatic hydroxyl groups is 1. The predicted octanol–water partition coefficient (Wildman–Crippen LogP) is 6.34. The number of rotatable bonds is 8. The fourth-order valence-corrected chi connectivity index (χ4v) is 6.56. The molecule has 1 aromatic heterocycles. The normalized spacial score (nSPS) is 16.5. The quantitative estimate of drug-likeness (QED) is 0.270. The van der Waals surface area contributed by atoms with Crippen molar-refractivity contribution in [3.63, 3.8) is 0 Å². The number of aromatic amines is 1. The highest BCUT2D eigenvalue weighted by atomic mass is 32.2. The fourth-order valence-electron chi connectivity index (χ4n) is 5.34. The molecule has 3 aromatic carbocycles. The van der Waals surface area contributed by atoms with Crippen molar-refractivity contribution < 1.29 is 18.3 Å². The number of ether oxygens (including phenoxy) is 1. The van der Waals surface area contributed by atoms with Gasteiger partial charge in [-0.2, -0.15) is 0 Å². The molecule has 7 nitrogen and oxygen atoms in total. The summed E-state index contributed by atoms with van der Waals surface area (Å²) >= 11 is 0. The van der Waals surface area contributed by atoms with Crippen LogP contribution >= 0.6 is 0 Å². The summed E-state index contributed by atoms with van der Waals surface area (Å²) in [4.78, 5) is 6.23. The number of nitrogens with zero attached hydrogens (tertiary/aromatic N) is 2. The average Bonchev–Trinajstić information content (AvgIpc) is 3.30. The second-order valence-electron chi connectivity index (χ2n) is 9.99. The number of phenolic OH excluding ortho intramolecular Hbond substituents is 1. The van der Waals surface area contributed by atoms with Gasteiger partial charge in [0, 0.05) is 36.6 Å². The molecule has 0 radical (unpaired) electrons. The topological polar surface area (TPSA) is 85.9 Å². The molecule has 0 saturated carbocycles. The number of phenols is 1. The zero-order chi connectivity index (χ0) is 27.4. The maximum atomic E-state index is 13.5. The largest absolute Gasteiger partial charge is 0.508 e. The Bertz CT molecular complexity index is 1500. The highest BCUT2D eigenvalue weighted by molar-refractivity contribution is 7.92. The second kappa shape index (κ2) is 11.6. The first-order chi connectivity index (χ1) is 18.9. The van der Waals surface area contributed by atoms with Crippen LogP contribution in [0, 0.1) is 0 Å². The summed E-state index contributed by atoms with van der Waals surface area (Å²) in [6.07, 6.45) is 4.79. The Kier molecular flexibility index (Phi) is 7.95. The Morgan fingerprint density at radius 3 is 2.49 bits per heavy atom. The maximum absolute atomic E-state index is 13.5. The number of likely N-dealkylation sites (tertiary alicyclic amines) is 1. The Balaban J connectivity index is 1.42. The Morgan fingerprint density at radius 2 is 1.74 bits per heavy atom. The van der Waals surface area contributed by atoms with E-state index in [0.29, 0.717) is 23.0 Å². The van der Waals surface area contributed by atoms with Crippen LogP contribution in [0.4, 0.5) is 5.69 Å². The lowest BCUT2D eigenvalue weighted by Crippen LogP contribution is -2.28. The third kappa shape index (κ3) is 5.82. The minimum Gasteiger partial charge on any atom is -0.508 e. The molecule has 1 fully saturated rings. The number of anilines is 1. The van der Waals surface area contributed by atoms with Crippen molar-refractivity contribution in [2.24, 2.45) is 0 Å². The molecule has 0 unspecified atom stereocenters. The van der Waals surface area contributed by atoms with Crippen molar-refractivity contribution in [1.82, 2.24) is 9.88 Å². The monoisotopic (exact) mass is 545 g/mol. The van der Waals surface area contributed by atoms with Crippen LogP contribution in [-0.4, -0.2) is 44.1 Å². The van der Waals surface area contributed by atoms with Crippen molar-refractivity contribution in [2.75, 3.05) is 25.0 Å². The molecule has 1 aliphatic heterocycles. The maximum Gasteiger partial charge on any atom is 0.264 e. The van der Waals surface area contributed by atoms with Gasteiger partial charge in [0.1, 0.15) is 11.5 Å². The van der Waals surface area contributed by atoms with E-state index in [1.807, 2.05) is 6.07 Å². The van der Waals surface area contributed by atoms with Crippen LogP contribution in [0.1, 0.15) is 43.0 Å². The first kappa shape index (κ1) is 26.8. The van der Waals surface area contributed by atoms with E-state index < -0.39 is 10.0 Å². The number of hydrogen-bond donors (Lipinski definition) is 2. The van der Waals surface area contributed by atoms with Gasteiger partial charge in [-0.3, -0.25) is 9.21 Å². The van der Waals surface area contributed by atoms with Gasteiger partial charge in [0.25, 0.3) is 10.0 Å². The summed E-state index contributed by atoms with van der Waals surface area (Å²) in [5, 5.41) is 9.58. The SMILES string of the molecule is COc1ccc(S(=O)(=O)N(C)c2ccc(O)cc2)cc1-c1ccc(CN2CCCCC[C@@H]2c2ccccc2)[nH]1. The molecule has 0 spiro atoms.